The van der Waals surface area contributed by atoms with Gasteiger partial charge in [0.1, 0.15) is 0 Å². The zero-order valence-electron chi connectivity index (χ0n) is 18.4. The Morgan fingerprint density at radius 1 is 1.15 bits per heavy atom. The second-order valence-corrected chi connectivity index (χ2v) is 8.50. The molecule has 33 heavy (non-hydrogen) atoms. The SMILES string of the molecule is CCOC(=O)C1=C(CSc2nc3ccccc3c(=O)n2Cc2ccc(C)cc2)NC(=O)NC1. The summed E-state index contributed by atoms with van der Waals surface area (Å²) in [6.07, 6.45) is 0. The van der Waals surface area contributed by atoms with Crippen molar-refractivity contribution in [3.8, 4) is 0 Å². The molecule has 1 aliphatic heterocycles. The third kappa shape index (κ3) is 5.09. The number of nitrogens with zero attached hydrogens (tertiary/aromatic N) is 2. The number of carbonyl (C=O) groups is 2. The molecule has 2 aromatic carbocycles. The molecule has 0 fully saturated rings. The van der Waals surface area contributed by atoms with Gasteiger partial charge >= 0.3 is 12.0 Å². The number of thioether (sulfide) groups is 1. The van der Waals surface area contributed by atoms with Crippen LogP contribution < -0.4 is 16.2 Å². The number of urea groups is 1. The zero-order chi connectivity index (χ0) is 23.4. The van der Waals surface area contributed by atoms with Crippen molar-refractivity contribution in [1.29, 1.82) is 0 Å². The highest BCUT2D eigenvalue weighted by Crippen LogP contribution is 2.23. The number of carbonyl (C=O) groups excluding carboxylic acids is 2. The van der Waals surface area contributed by atoms with Crippen LogP contribution in [0.1, 0.15) is 18.1 Å². The standard InChI is InChI=1S/C24H24N4O4S/c1-3-32-22(30)18-12-25-23(31)26-20(18)14-33-24-27-19-7-5-4-6-17(19)21(29)28(24)13-16-10-8-15(2)9-11-16/h4-11H,3,12-14H2,1-2H3,(H2,25,26,31). The van der Waals surface area contributed by atoms with Gasteiger partial charge in [-0.25, -0.2) is 14.6 Å². The predicted molar refractivity (Wildman–Crippen MR) is 127 cm³/mol. The quantitative estimate of drug-likeness (QED) is 0.317. The minimum Gasteiger partial charge on any atom is -0.463 e. The van der Waals surface area contributed by atoms with Crippen LogP contribution in [-0.2, 0) is 16.1 Å². The highest BCUT2D eigenvalue weighted by atomic mass is 32.2. The molecular weight excluding hydrogens is 440 g/mol. The molecule has 0 aliphatic carbocycles. The number of nitrogens with one attached hydrogen (secondary N) is 2. The van der Waals surface area contributed by atoms with E-state index in [1.807, 2.05) is 43.3 Å². The average molecular weight is 465 g/mol. The van der Waals surface area contributed by atoms with Gasteiger partial charge in [-0.3, -0.25) is 9.36 Å². The highest BCUT2D eigenvalue weighted by Gasteiger charge is 2.24. The Balaban J connectivity index is 1.71. The zero-order valence-corrected chi connectivity index (χ0v) is 19.2. The van der Waals surface area contributed by atoms with E-state index in [1.165, 1.54) is 11.8 Å². The fraction of sp³-hybridized carbons (Fsp3) is 0.250. The first kappa shape index (κ1) is 22.6. The van der Waals surface area contributed by atoms with Gasteiger partial charge in [-0.05, 0) is 31.5 Å². The lowest BCUT2D eigenvalue weighted by Gasteiger charge is -2.21. The number of para-hydroxylation sites is 1. The Labute approximate surface area is 195 Å². The van der Waals surface area contributed by atoms with Crippen LogP contribution >= 0.6 is 11.8 Å². The number of amides is 2. The van der Waals surface area contributed by atoms with Crippen molar-refractivity contribution in [2.24, 2.45) is 0 Å². The smallest absolute Gasteiger partial charge is 0.337 e. The molecule has 0 spiro atoms. The molecule has 0 radical (unpaired) electrons. The summed E-state index contributed by atoms with van der Waals surface area (Å²) in [6.45, 7) is 4.42. The van der Waals surface area contributed by atoms with Crippen molar-refractivity contribution in [3.63, 3.8) is 0 Å². The highest BCUT2D eigenvalue weighted by molar-refractivity contribution is 7.99. The Hall–Kier alpha value is -3.59. The van der Waals surface area contributed by atoms with Gasteiger partial charge in [-0.15, -0.1) is 0 Å². The number of aryl methyl sites for hydroxylation is 1. The van der Waals surface area contributed by atoms with Crippen LogP contribution in [-0.4, -0.2) is 40.5 Å². The number of fused-ring (bicyclic) bond motifs is 1. The van der Waals surface area contributed by atoms with E-state index in [4.69, 9.17) is 9.72 Å². The van der Waals surface area contributed by atoms with Gasteiger partial charge in [-0.2, -0.15) is 0 Å². The number of benzene rings is 2. The summed E-state index contributed by atoms with van der Waals surface area (Å²) in [6, 6.07) is 14.8. The van der Waals surface area contributed by atoms with E-state index in [-0.39, 0.29) is 30.5 Å². The molecule has 4 rings (SSSR count). The minimum absolute atomic E-state index is 0.0852. The molecule has 0 saturated heterocycles. The van der Waals surface area contributed by atoms with Crippen LogP contribution in [0.3, 0.4) is 0 Å². The Morgan fingerprint density at radius 3 is 2.67 bits per heavy atom. The molecule has 170 valence electrons. The first-order valence-electron chi connectivity index (χ1n) is 10.6. The second kappa shape index (κ2) is 9.91. The largest absolute Gasteiger partial charge is 0.463 e. The van der Waals surface area contributed by atoms with E-state index in [0.717, 1.165) is 11.1 Å². The summed E-state index contributed by atoms with van der Waals surface area (Å²) >= 11 is 1.29. The summed E-state index contributed by atoms with van der Waals surface area (Å²) in [5.74, 6) is -0.232. The van der Waals surface area contributed by atoms with Crippen molar-refractivity contribution < 1.29 is 14.3 Å². The summed E-state index contributed by atoms with van der Waals surface area (Å²) in [5, 5.41) is 6.33. The van der Waals surface area contributed by atoms with E-state index in [1.54, 1.807) is 23.6 Å². The number of rotatable bonds is 7. The normalized spacial score (nSPS) is 13.6. The lowest BCUT2D eigenvalue weighted by atomic mass is 10.1. The third-order valence-electron chi connectivity index (χ3n) is 5.21. The molecule has 3 aromatic rings. The van der Waals surface area contributed by atoms with Crippen LogP contribution in [0.4, 0.5) is 4.79 Å². The maximum Gasteiger partial charge on any atom is 0.337 e. The number of aromatic nitrogens is 2. The van der Waals surface area contributed by atoms with E-state index in [0.29, 0.717) is 33.9 Å². The molecule has 2 N–H and O–H groups in total. The predicted octanol–water partition coefficient (Wildman–Crippen LogP) is 2.98. The van der Waals surface area contributed by atoms with E-state index < -0.39 is 5.97 Å². The lowest BCUT2D eigenvalue weighted by molar-refractivity contribution is -0.138. The summed E-state index contributed by atoms with van der Waals surface area (Å²) in [5.41, 5.74) is 3.38. The van der Waals surface area contributed by atoms with Crippen molar-refractivity contribution >= 4 is 34.7 Å². The molecule has 2 amide bonds. The van der Waals surface area contributed by atoms with Gasteiger partial charge in [0.15, 0.2) is 5.16 Å². The van der Waals surface area contributed by atoms with E-state index in [2.05, 4.69) is 10.6 Å². The van der Waals surface area contributed by atoms with E-state index in [9.17, 15) is 14.4 Å². The van der Waals surface area contributed by atoms with Crippen molar-refractivity contribution in [2.45, 2.75) is 25.5 Å². The van der Waals surface area contributed by atoms with Gasteiger partial charge in [0.25, 0.3) is 5.56 Å². The molecule has 1 aromatic heterocycles. The molecule has 1 aliphatic rings. The molecule has 0 saturated carbocycles. The molecule has 8 nitrogen and oxygen atoms in total. The number of ether oxygens (including phenoxy) is 1. The third-order valence-corrected chi connectivity index (χ3v) is 6.21. The fourth-order valence-electron chi connectivity index (χ4n) is 3.48. The van der Waals surface area contributed by atoms with Crippen LogP contribution in [0.15, 0.2) is 69.8 Å². The number of hydrogen-bond donors (Lipinski definition) is 2. The fourth-order valence-corrected chi connectivity index (χ4v) is 4.46. The maximum atomic E-state index is 13.3. The summed E-state index contributed by atoms with van der Waals surface area (Å²) in [7, 11) is 0. The number of hydrogen-bond acceptors (Lipinski definition) is 6. The van der Waals surface area contributed by atoms with Crippen LogP contribution in [0.5, 0.6) is 0 Å². The maximum absolute atomic E-state index is 13.3. The topological polar surface area (TPSA) is 102 Å². The van der Waals surface area contributed by atoms with Gasteiger partial charge in [0.2, 0.25) is 0 Å². The summed E-state index contributed by atoms with van der Waals surface area (Å²) < 4.78 is 6.75. The second-order valence-electron chi connectivity index (χ2n) is 7.56. The van der Waals surface area contributed by atoms with Crippen molar-refractivity contribution in [1.82, 2.24) is 20.2 Å². The molecule has 2 heterocycles. The molecule has 0 atom stereocenters. The van der Waals surface area contributed by atoms with Crippen LogP contribution in [0, 0.1) is 6.92 Å². The summed E-state index contributed by atoms with van der Waals surface area (Å²) in [4.78, 5) is 42.3. The molecule has 0 bridgehead atoms. The average Bonchev–Trinajstić information content (AvgIpc) is 2.81. The Bertz CT molecular complexity index is 1300. The molecule has 9 heteroatoms. The lowest BCUT2D eigenvalue weighted by Crippen LogP contribution is -2.44. The minimum atomic E-state index is -0.482. The van der Waals surface area contributed by atoms with Crippen LogP contribution in [0.2, 0.25) is 0 Å². The van der Waals surface area contributed by atoms with E-state index >= 15 is 0 Å². The number of esters is 1. The van der Waals surface area contributed by atoms with Crippen molar-refractivity contribution in [3.05, 3.63) is 81.3 Å². The monoisotopic (exact) mass is 464 g/mol. The van der Waals surface area contributed by atoms with Crippen molar-refractivity contribution in [2.75, 3.05) is 18.9 Å². The first-order valence-corrected chi connectivity index (χ1v) is 11.6. The van der Waals surface area contributed by atoms with Gasteiger partial charge in [0.05, 0.1) is 36.2 Å². The molecule has 0 unspecified atom stereocenters. The Morgan fingerprint density at radius 2 is 1.91 bits per heavy atom. The Kier molecular flexibility index (Phi) is 6.79. The molecular formula is C24H24N4O4S. The van der Waals surface area contributed by atoms with Gasteiger partial charge in [0, 0.05) is 11.4 Å². The van der Waals surface area contributed by atoms with Crippen LogP contribution in [0.25, 0.3) is 10.9 Å². The van der Waals surface area contributed by atoms with Gasteiger partial charge < -0.3 is 15.4 Å². The first-order chi connectivity index (χ1) is 16.0. The van der Waals surface area contributed by atoms with Gasteiger partial charge in [-0.1, -0.05) is 53.7 Å².